The van der Waals surface area contributed by atoms with Crippen LogP contribution in [0.25, 0.3) is 11.3 Å². The highest BCUT2D eigenvalue weighted by molar-refractivity contribution is 5.94. The smallest absolute Gasteiger partial charge is 0.251 e. The van der Waals surface area contributed by atoms with E-state index in [-0.39, 0.29) is 5.91 Å². The van der Waals surface area contributed by atoms with Crippen LogP contribution in [0.2, 0.25) is 0 Å². The lowest BCUT2D eigenvalue weighted by molar-refractivity contribution is 0.0954. The van der Waals surface area contributed by atoms with Crippen LogP contribution in [0.15, 0.2) is 59.1 Å². The van der Waals surface area contributed by atoms with E-state index in [2.05, 4.69) is 10.5 Å². The normalized spacial score (nSPS) is 10.4. The molecule has 0 atom stereocenters. The van der Waals surface area contributed by atoms with E-state index >= 15 is 0 Å². The third-order valence-electron chi connectivity index (χ3n) is 3.93. The van der Waals surface area contributed by atoms with E-state index in [4.69, 9.17) is 14.0 Å². The molecule has 134 valence electrons. The minimum Gasteiger partial charge on any atom is -0.497 e. The number of aromatic nitrogens is 1. The lowest BCUT2D eigenvalue weighted by Gasteiger charge is -2.05. The number of amides is 1. The maximum Gasteiger partial charge on any atom is 0.251 e. The lowest BCUT2D eigenvalue weighted by Crippen LogP contribution is -2.25. The van der Waals surface area contributed by atoms with Crippen molar-refractivity contribution >= 4 is 5.91 Å². The summed E-state index contributed by atoms with van der Waals surface area (Å²) in [6.07, 6.45) is 0.579. The van der Waals surface area contributed by atoms with Crippen molar-refractivity contribution in [3.63, 3.8) is 0 Å². The minimum atomic E-state index is -0.135. The van der Waals surface area contributed by atoms with Gasteiger partial charge in [-0.25, -0.2) is 0 Å². The van der Waals surface area contributed by atoms with Crippen LogP contribution in [0.4, 0.5) is 0 Å². The molecular weight excluding hydrogens is 332 g/mol. The van der Waals surface area contributed by atoms with Crippen molar-refractivity contribution in [1.29, 1.82) is 0 Å². The lowest BCUT2D eigenvalue weighted by atomic mass is 10.1. The largest absolute Gasteiger partial charge is 0.497 e. The number of carbonyl (C=O) groups excluding carboxylic acids is 1. The van der Waals surface area contributed by atoms with Gasteiger partial charge in [0.2, 0.25) is 0 Å². The predicted molar refractivity (Wildman–Crippen MR) is 97.5 cm³/mol. The van der Waals surface area contributed by atoms with Crippen LogP contribution in [-0.4, -0.2) is 31.8 Å². The molecule has 0 saturated heterocycles. The first-order valence-corrected chi connectivity index (χ1v) is 8.22. The number of carbonyl (C=O) groups is 1. The number of nitrogens with one attached hydrogen (secondary N) is 1. The Kier molecular flexibility index (Phi) is 5.53. The monoisotopic (exact) mass is 352 g/mol. The Morgan fingerprint density at radius 2 is 1.81 bits per heavy atom. The van der Waals surface area contributed by atoms with Gasteiger partial charge in [0, 0.05) is 30.2 Å². The molecule has 0 saturated carbocycles. The summed E-state index contributed by atoms with van der Waals surface area (Å²) in [5, 5.41) is 6.93. The number of nitrogens with zero attached hydrogens (tertiary/aromatic N) is 1. The summed E-state index contributed by atoms with van der Waals surface area (Å²) in [6.45, 7) is 0.467. The van der Waals surface area contributed by atoms with Gasteiger partial charge in [0.25, 0.3) is 5.91 Å². The molecule has 6 nitrogen and oxygen atoms in total. The molecule has 1 heterocycles. The molecule has 26 heavy (non-hydrogen) atoms. The summed E-state index contributed by atoms with van der Waals surface area (Å²) in [5.41, 5.74) is 2.26. The average molecular weight is 352 g/mol. The Morgan fingerprint density at radius 3 is 2.54 bits per heavy atom. The highest BCUT2D eigenvalue weighted by atomic mass is 16.5. The molecule has 0 aliphatic heterocycles. The minimum absolute atomic E-state index is 0.135. The molecule has 0 bridgehead atoms. The van der Waals surface area contributed by atoms with E-state index in [1.165, 1.54) is 0 Å². The molecule has 1 aromatic heterocycles. The number of benzene rings is 2. The molecule has 0 aliphatic rings. The summed E-state index contributed by atoms with van der Waals surface area (Å²) < 4.78 is 15.7. The summed E-state index contributed by atoms with van der Waals surface area (Å²) in [6, 6.07) is 16.4. The Hall–Kier alpha value is -3.28. The van der Waals surface area contributed by atoms with Crippen molar-refractivity contribution < 1.29 is 18.8 Å². The van der Waals surface area contributed by atoms with Gasteiger partial charge in [0.05, 0.1) is 19.9 Å². The fourth-order valence-electron chi connectivity index (χ4n) is 2.49. The zero-order chi connectivity index (χ0) is 18.4. The van der Waals surface area contributed by atoms with E-state index in [0.717, 1.165) is 17.0 Å². The molecule has 2 aromatic carbocycles. The predicted octanol–water partition coefficient (Wildman–Crippen LogP) is 3.33. The highest BCUT2D eigenvalue weighted by Crippen LogP contribution is 2.24. The number of ether oxygens (including phenoxy) is 2. The van der Waals surface area contributed by atoms with Gasteiger partial charge in [-0.15, -0.1) is 0 Å². The van der Waals surface area contributed by atoms with Crippen molar-refractivity contribution in [3.05, 3.63) is 65.9 Å². The van der Waals surface area contributed by atoms with Crippen LogP contribution < -0.4 is 14.8 Å². The van der Waals surface area contributed by atoms with Gasteiger partial charge in [0.1, 0.15) is 11.5 Å². The maximum atomic E-state index is 12.1. The molecule has 3 aromatic rings. The van der Waals surface area contributed by atoms with Gasteiger partial charge < -0.3 is 19.3 Å². The Bertz CT molecular complexity index is 872. The van der Waals surface area contributed by atoms with Gasteiger partial charge in [-0.2, -0.15) is 0 Å². The molecule has 0 radical (unpaired) electrons. The van der Waals surface area contributed by atoms with E-state index in [1.807, 2.05) is 30.3 Å². The Labute approximate surface area is 151 Å². The standard InChI is InChI=1S/C20H20N2O4/c1-24-17-8-6-14(7-9-17)20(23)21-11-10-16-13-19(26-22-16)15-4-3-5-18(12-15)25-2/h3-9,12-13H,10-11H2,1-2H3,(H,21,23). The van der Waals surface area contributed by atoms with Crippen molar-refractivity contribution in [1.82, 2.24) is 10.5 Å². The molecule has 0 spiro atoms. The van der Waals surface area contributed by atoms with Crippen LogP contribution in [-0.2, 0) is 6.42 Å². The molecule has 3 rings (SSSR count). The molecule has 0 unspecified atom stereocenters. The summed E-state index contributed by atoms with van der Waals surface area (Å²) in [4.78, 5) is 12.1. The van der Waals surface area contributed by atoms with Crippen LogP contribution in [0.1, 0.15) is 16.1 Å². The SMILES string of the molecule is COc1ccc(C(=O)NCCc2cc(-c3cccc(OC)c3)on2)cc1. The van der Waals surface area contributed by atoms with Gasteiger partial charge in [0.15, 0.2) is 5.76 Å². The molecule has 1 amide bonds. The summed E-state index contributed by atoms with van der Waals surface area (Å²) in [5.74, 6) is 2.01. The average Bonchev–Trinajstić information content (AvgIpc) is 3.17. The van der Waals surface area contributed by atoms with Crippen LogP contribution in [0.3, 0.4) is 0 Å². The van der Waals surface area contributed by atoms with Crippen LogP contribution >= 0.6 is 0 Å². The highest BCUT2D eigenvalue weighted by Gasteiger charge is 2.09. The number of hydrogen-bond donors (Lipinski definition) is 1. The zero-order valence-corrected chi connectivity index (χ0v) is 14.7. The van der Waals surface area contributed by atoms with E-state index in [1.54, 1.807) is 38.5 Å². The second kappa shape index (κ2) is 8.20. The van der Waals surface area contributed by atoms with Gasteiger partial charge in [-0.05, 0) is 36.4 Å². The molecule has 6 heteroatoms. The second-order valence-electron chi connectivity index (χ2n) is 5.65. The summed E-state index contributed by atoms with van der Waals surface area (Å²) in [7, 11) is 3.21. The topological polar surface area (TPSA) is 73.6 Å². The van der Waals surface area contributed by atoms with Crippen molar-refractivity contribution in [3.8, 4) is 22.8 Å². The quantitative estimate of drug-likeness (QED) is 0.706. The third kappa shape index (κ3) is 4.22. The van der Waals surface area contributed by atoms with Crippen molar-refractivity contribution in [2.45, 2.75) is 6.42 Å². The van der Waals surface area contributed by atoms with Gasteiger partial charge in [-0.1, -0.05) is 17.3 Å². The van der Waals surface area contributed by atoms with Crippen LogP contribution in [0, 0.1) is 0 Å². The third-order valence-corrected chi connectivity index (χ3v) is 3.93. The second-order valence-corrected chi connectivity index (χ2v) is 5.65. The zero-order valence-electron chi connectivity index (χ0n) is 14.7. The fourth-order valence-corrected chi connectivity index (χ4v) is 2.49. The number of hydrogen-bond acceptors (Lipinski definition) is 5. The molecule has 0 aliphatic carbocycles. The first kappa shape index (κ1) is 17.5. The molecule has 1 N–H and O–H groups in total. The first-order valence-electron chi connectivity index (χ1n) is 8.22. The van der Waals surface area contributed by atoms with Gasteiger partial charge >= 0.3 is 0 Å². The van der Waals surface area contributed by atoms with E-state index < -0.39 is 0 Å². The van der Waals surface area contributed by atoms with E-state index in [0.29, 0.717) is 30.0 Å². The van der Waals surface area contributed by atoms with Crippen molar-refractivity contribution in [2.24, 2.45) is 0 Å². The molecular formula is C20H20N2O4. The van der Waals surface area contributed by atoms with E-state index in [9.17, 15) is 4.79 Å². The Morgan fingerprint density at radius 1 is 1.04 bits per heavy atom. The fraction of sp³-hybridized carbons (Fsp3) is 0.200. The number of methoxy groups -OCH3 is 2. The van der Waals surface area contributed by atoms with Gasteiger partial charge in [-0.3, -0.25) is 4.79 Å². The summed E-state index contributed by atoms with van der Waals surface area (Å²) >= 11 is 0. The molecule has 0 fully saturated rings. The maximum absolute atomic E-state index is 12.1. The van der Waals surface area contributed by atoms with Crippen LogP contribution in [0.5, 0.6) is 11.5 Å². The Balaban J connectivity index is 1.55. The van der Waals surface area contributed by atoms with Crippen molar-refractivity contribution in [2.75, 3.05) is 20.8 Å². The first-order chi connectivity index (χ1) is 12.7. The number of rotatable bonds is 7.